The molecule has 114 valence electrons. The number of carbonyl (C=O) groups excluding carboxylic acids is 2. The van der Waals surface area contributed by atoms with Crippen LogP contribution in [0.5, 0.6) is 0 Å². The van der Waals surface area contributed by atoms with Gasteiger partial charge in [0.2, 0.25) is 0 Å². The Hall–Kier alpha value is -1.82. The molecule has 0 radical (unpaired) electrons. The molecule has 2 heterocycles. The monoisotopic (exact) mass is 310 g/mol. The summed E-state index contributed by atoms with van der Waals surface area (Å²) >= 11 is 5.75. The summed E-state index contributed by atoms with van der Waals surface area (Å²) in [7, 11) is 0. The standard InChI is InChI=1S/C14H19ClN4O2/c1-3-14(2)12(20)19(13(21)18-14)8-4-7-16-11-6-5-10(15)9-17-11/h5-6,9H,3-4,7-8H2,1-2H3,(H,16,17)(H,18,21). The maximum absolute atomic E-state index is 12.2. The predicted molar refractivity (Wildman–Crippen MR) is 81.3 cm³/mol. The summed E-state index contributed by atoms with van der Waals surface area (Å²) in [6.07, 6.45) is 2.80. The van der Waals surface area contributed by atoms with Gasteiger partial charge < -0.3 is 10.6 Å². The smallest absolute Gasteiger partial charge is 0.325 e. The second kappa shape index (κ2) is 6.30. The first-order chi connectivity index (χ1) is 9.96. The molecule has 2 N–H and O–H groups in total. The third-order valence-electron chi connectivity index (χ3n) is 3.64. The molecule has 1 atom stereocenters. The predicted octanol–water partition coefficient (Wildman–Crippen LogP) is 2.26. The average Bonchev–Trinajstić information content (AvgIpc) is 2.69. The van der Waals surface area contributed by atoms with Crippen molar-refractivity contribution in [1.29, 1.82) is 0 Å². The summed E-state index contributed by atoms with van der Waals surface area (Å²) in [5, 5.41) is 6.44. The summed E-state index contributed by atoms with van der Waals surface area (Å²) < 4.78 is 0. The third-order valence-corrected chi connectivity index (χ3v) is 3.87. The van der Waals surface area contributed by atoms with Gasteiger partial charge >= 0.3 is 6.03 Å². The largest absolute Gasteiger partial charge is 0.370 e. The topological polar surface area (TPSA) is 74.3 Å². The van der Waals surface area contributed by atoms with Gasteiger partial charge in [-0.25, -0.2) is 9.78 Å². The maximum atomic E-state index is 12.2. The van der Waals surface area contributed by atoms with Crippen LogP contribution in [-0.4, -0.2) is 40.5 Å². The van der Waals surface area contributed by atoms with Crippen LogP contribution in [0.3, 0.4) is 0 Å². The van der Waals surface area contributed by atoms with Crippen LogP contribution in [-0.2, 0) is 4.79 Å². The lowest BCUT2D eigenvalue weighted by Gasteiger charge is -2.19. The molecular weight excluding hydrogens is 292 g/mol. The molecule has 1 aromatic rings. The van der Waals surface area contributed by atoms with E-state index in [0.29, 0.717) is 31.0 Å². The number of imide groups is 1. The lowest BCUT2D eigenvalue weighted by molar-refractivity contribution is -0.130. The fraction of sp³-hybridized carbons (Fsp3) is 0.500. The number of hydrogen-bond acceptors (Lipinski definition) is 4. The van der Waals surface area contributed by atoms with E-state index in [1.807, 2.05) is 6.92 Å². The van der Waals surface area contributed by atoms with Gasteiger partial charge in [-0.05, 0) is 31.9 Å². The SMILES string of the molecule is CCC1(C)NC(=O)N(CCCNc2ccc(Cl)cn2)C1=O. The van der Waals surface area contributed by atoms with Crippen molar-refractivity contribution in [2.24, 2.45) is 0 Å². The van der Waals surface area contributed by atoms with Crippen molar-refractivity contribution in [3.63, 3.8) is 0 Å². The quantitative estimate of drug-likeness (QED) is 0.624. The lowest BCUT2D eigenvalue weighted by atomic mass is 9.99. The number of amides is 3. The number of pyridine rings is 1. The lowest BCUT2D eigenvalue weighted by Crippen LogP contribution is -2.43. The van der Waals surface area contributed by atoms with Crippen molar-refractivity contribution < 1.29 is 9.59 Å². The molecule has 7 heteroatoms. The van der Waals surface area contributed by atoms with E-state index in [9.17, 15) is 9.59 Å². The van der Waals surface area contributed by atoms with E-state index in [4.69, 9.17) is 11.6 Å². The summed E-state index contributed by atoms with van der Waals surface area (Å²) in [6, 6.07) is 3.22. The van der Waals surface area contributed by atoms with E-state index in [2.05, 4.69) is 15.6 Å². The van der Waals surface area contributed by atoms with Crippen LogP contribution < -0.4 is 10.6 Å². The Morgan fingerprint density at radius 2 is 2.19 bits per heavy atom. The van der Waals surface area contributed by atoms with Gasteiger partial charge in [0.05, 0.1) is 5.02 Å². The molecule has 1 aromatic heterocycles. The number of nitrogens with zero attached hydrogens (tertiary/aromatic N) is 2. The van der Waals surface area contributed by atoms with Gasteiger partial charge in [0.15, 0.2) is 0 Å². The van der Waals surface area contributed by atoms with Crippen molar-refractivity contribution in [2.45, 2.75) is 32.2 Å². The second-order valence-electron chi connectivity index (χ2n) is 5.21. The first-order valence-electron chi connectivity index (χ1n) is 6.96. The molecule has 1 unspecified atom stereocenters. The highest BCUT2D eigenvalue weighted by Gasteiger charge is 2.45. The number of rotatable bonds is 6. The van der Waals surface area contributed by atoms with Crippen molar-refractivity contribution in [3.8, 4) is 0 Å². The Labute approximate surface area is 128 Å². The molecule has 21 heavy (non-hydrogen) atoms. The normalized spacial score (nSPS) is 21.6. The highest BCUT2D eigenvalue weighted by Crippen LogP contribution is 2.20. The van der Waals surface area contributed by atoms with E-state index in [1.54, 1.807) is 25.3 Å². The molecule has 0 aromatic carbocycles. The summed E-state index contributed by atoms with van der Waals surface area (Å²) in [5.74, 6) is 0.564. The van der Waals surface area contributed by atoms with Crippen LogP contribution in [0.4, 0.5) is 10.6 Å². The molecular formula is C14H19ClN4O2. The minimum absolute atomic E-state index is 0.153. The van der Waals surface area contributed by atoms with E-state index in [1.165, 1.54) is 4.90 Å². The zero-order chi connectivity index (χ0) is 15.5. The molecule has 6 nitrogen and oxygen atoms in total. The van der Waals surface area contributed by atoms with E-state index in [0.717, 1.165) is 5.82 Å². The van der Waals surface area contributed by atoms with E-state index >= 15 is 0 Å². The fourth-order valence-corrected chi connectivity index (χ4v) is 2.24. The third kappa shape index (κ3) is 3.44. The Balaban J connectivity index is 1.80. The number of anilines is 1. The molecule has 1 saturated heterocycles. The number of halogens is 1. The van der Waals surface area contributed by atoms with Gasteiger partial charge in [-0.3, -0.25) is 9.69 Å². The van der Waals surface area contributed by atoms with Gasteiger partial charge in [0.1, 0.15) is 11.4 Å². The second-order valence-corrected chi connectivity index (χ2v) is 5.65. The molecule has 3 amide bonds. The van der Waals surface area contributed by atoms with Gasteiger partial charge in [-0.2, -0.15) is 0 Å². The van der Waals surface area contributed by atoms with Gasteiger partial charge in [0, 0.05) is 19.3 Å². The first kappa shape index (κ1) is 15.6. The van der Waals surface area contributed by atoms with Crippen LogP contribution in [0.25, 0.3) is 0 Å². The minimum Gasteiger partial charge on any atom is -0.370 e. The molecule has 1 aliphatic heterocycles. The van der Waals surface area contributed by atoms with E-state index in [-0.39, 0.29) is 11.9 Å². The average molecular weight is 311 g/mol. The summed E-state index contributed by atoms with van der Waals surface area (Å²) in [4.78, 5) is 29.4. The molecule has 1 fully saturated rings. The molecule has 0 spiro atoms. The van der Waals surface area contributed by atoms with Crippen LogP contribution in [0, 0.1) is 0 Å². The molecule has 2 rings (SSSR count). The first-order valence-corrected chi connectivity index (χ1v) is 7.33. The van der Waals surface area contributed by atoms with Crippen molar-refractivity contribution >= 4 is 29.4 Å². The fourth-order valence-electron chi connectivity index (χ4n) is 2.12. The molecule has 0 aliphatic carbocycles. The highest BCUT2D eigenvalue weighted by molar-refractivity contribution is 6.30. The van der Waals surface area contributed by atoms with Crippen molar-refractivity contribution in [1.82, 2.24) is 15.2 Å². The number of aromatic nitrogens is 1. The Morgan fingerprint density at radius 3 is 2.76 bits per heavy atom. The van der Waals surface area contributed by atoms with Crippen LogP contribution in [0.2, 0.25) is 5.02 Å². The van der Waals surface area contributed by atoms with Crippen LogP contribution in [0.1, 0.15) is 26.7 Å². The number of carbonyl (C=O) groups is 2. The van der Waals surface area contributed by atoms with E-state index < -0.39 is 5.54 Å². The number of urea groups is 1. The van der Waals surface area contributed by atoms with Crippen LogP contribution in [0.15, 0.2) is 18.3 Å². The number of hydrogen-bond donors (Lipinski definition) is 2. The molecule has 1 aliphatic rings. The Kier molecular flexibility index (Phi) is 4.67. The van der Waals surface area contributed by atoms with Crippen molar-refractivity contribution in [3.05, 3.63) is 23.4 Å². The van der Waals surface area contributed by atoms with Gasteiger partial charge in [0.25, 0.3) is 5.91 Å². The number of nitrogens with one attached hydrogen (secondary N) is 2. The van der Waals surface area contributed by atoms with Crippen LogP contribution >= 0.6 is 11.6 Å². The zero-order valence-corrected chi connectivity index (χ0v) is 12.9. The molecule has 0 saturated carbocycles. The van der Waals surface area contributed by atoms with Gasteiger partial charge in [-0.15, -0.1) is 0 Å². The summed E-state index contributed by atoms with van der Waals surface area (Å²) in [6.45, 7) is 4.65. The minimum atomic E-state index is -0.762. The highest BCUT2D eigenvalue weighted by atomic mass is 35.5. The van der Waals surface area contributed by atoms with Gasteiger partial charge in [-0.1, -0.05) is 18.5 Å². The Bertz CT molecular complexity index is 534. The van der Waals surface area contributed by atoms with Crippen molar-refractivity contribution in [2.75, 3.05) is 18.4 Å². The molecule has 0 bridgehead atoms. The Morgan fingerprint density at radius 1 is 1.43 bits per heavy atom. The summed E-state index contributed by atoms with van der Waals surface area (Å²) in [5.41, 5.74) is -0.762. The maximum Gasteiger partial charge on any atom is 0.325 e. The zero-order valence-electron chi connectivity index (χ0n) is 12.1.